The maximum absolute atomic E-state index is 12.4. The molecule has 0 saturated carbocycles. The number of carbonyl (C=O) groups is 1. The van der Waals surface area contributed by atoms with Crippen LogP contribution >= 0.6 is 11.6 Å². The molecule has 1 amide bonds. The Morgan fingerprint density at radius 1 is 1.48 bits per heavy atom. The second-order valence-corrected chi connectivity index (χ2v) is 7.73. The Labute approximate surface area is 129 Å². The molecule has 0 aliphatic carbocycles. The van der Waals surface area contributed by atoms with Crippen molar-refractivity contribution >= 4 is 27.3 Å². The smallest absolute Gasteiger partial charge is 0.253 e. The number of aliphatic hydroxyl groups excluding tert-OH is 1. The van der Waals surface area contributed by atoms with Gasteiger partial charge in [0.25, 0.3) is 5.91 Å². The van der Waals surface area contributed by atoms with Gasteiger partial charge in [0.05, 0.1) is 9.92 Å². The van der Waals surface area contributed by atoms with Gasteiger partial charge >= 0.3 is 0 Å². The van der Waals surface area contributed by atoms with Crippen LogP contribution in [0.25, 0.3) is 0 Å². The van der Waals surface area contributed by atoms with Gasteiger partial charge in [0.2, 0.25) is 0 Å². The quantitative estimate of drug-likeness (QED) is 0.909. The second kappa shape index (κ2) is 6.34. The fraction of sp³-hybridized carbons (Fsp3) is 0.500. The molecule has 0 spiro atoms. The summed E-state index contributed by atoms with van der Waals surface area (Å²) in [6.07, 6.45) is 2.60. The Morgan fingerprint density at radius 2 is 2.19 bits per heavy atom. The molecule has 7 heteroatoms. The minimum Gasteiger partial charge on any atom is -0.396 e. The normalized spacial score (nSPS) is 19.0. The van der Waals surface area contributed by atoms with E-state index >= 15 is 0 Å². The summed E-state index contributed by atoms with van der Waals surface area (Å²) < 4.78 is 23.3. The highest BCUT2D eigenvalue weighted by Gasteiger charge is 2.27. The van der Waals surface area contributed by atoms with Crippen molar-refractivity contribution in [3.63, 3.8) is 0 Å². The number of sulfone groups is 1. The average molecular weight is 332 g/mol. The number of hydrogen-bond acceptors (Lipinski definition) is 4. The van der Waals surface area contributed by atoms with E-state index in [9.17, 15) is 13.2 Å². The van der Waals surface area contributed by atoms with E-state index in [1.807, 2.05) is 0 Å². The van der Waals surface area contributed by atoms with E-state index in [0.29, 0.717) is 31.0 Å². The van der Waals surface area contributed by atoms with Crippen molar-refractivity contribution in [3.8, 4) is 0 Å². The van der Waals surface area contributed by atoms with E-state index in [2.05, 4.69) is 0 Å². The number of carbonyl (C=O) groups excluding carboxylic acids is 1. The first-order valence-electron chi connectivity index (χ1n) is 6.72. The third-order valence-electron chi connectivity index (χ3n) is 3.69. The molecular formula is C14H18ClNO4S. The zero-order chi connectivity index (χ0) is 15.6. The van der Waals surface area contributed by atoms with Crippen LogP contribution in [-0.4, -0.2) is 50.3 Å². The summed E-state index contributed by atoms with van der Waals surface area (Å²) in [5, 5.41) is 9.06. The molecule has 0 aromatic heterocycles. The average Bonchev–Trinajstić information content (AvgIpc) is 2.86. The molecule has 1 N–H and O–H groups in total. The van der Waals surface area contributed by atoms with Gasteiger partial charge in [-0.05, 0) is 37.0 Å². The molecule has 1 unspecified atom stereocenters. The van der Waals surface area contributed by atoms with Crippen molar-refractivity contribution < 1.29 is 18.3 Å². The van der Waals surface area contributed by atoms with Crippen LogP contribution in [0, 0.1) is 5.92 Å². The van der Waals surface area contributed by atoms with Crippen LogP contribution in [0.3, 0.4) is 0 Å². The van der Waals surface area contributed by atoms with Crippen molar-refractivity contribution in [3.05, 3.63) is 28.8 Å². The first-order valence-corrected chi connectivity index (χ1v) is 8.99. The monoisotopic (exact) mass is 331 g/mol. The lowest BCUT2D eigenvalue weighted by Crippen LogP contribution is -2.29. The number of aliphatic hydroxyl groups is 1. The van der Waals surface area contributed by atoms with Crippen molar-refractivity contribution in [2.75, 3.05) is 26.0 Å². The Bertz CT molecular complexity index is 644. The number of benzene rings is 1. The molecule has 1 atom stereocenters. The molecule has 0 bridgehead atoms. The van der Waals surface area contributed by atoms with Crippen LogP contribution in [0.2, 0.25) is 5.02 Å². The summed E-state index contributed by atoms with van der Waals surface area (Å²) in [5.74, 6) is 0.109. The molecule has 2 rings (SSSR count). The third kappa shape index (κ3) is 3.75. The van der Waals surface area contributed by atoms with Crippen molar-refractivity contribution in [1.29, 1.82) is 0 Å². The van der Waals surface area contributed by atoms with Crippen LogP contribution in [0.15, 0.2) is 23.1 Å². The molecule has 21 heavy (non-hydrogen) atoms. The molecule has 1 aromatic rings. The Kier molecular flexibility index (Phi) is 4.91. The van der Waals surface area contributed by atoms with Crippen molar-refractivity contribution in [1.82, 2.24) is 4.90 Å². The second-order valence-electron chi connectivity index (χ2n) is 5.34. The number of rotatable bonds is 4. The lowest BCUT2D eigenvalue weighted by atomic mass is 10.1. The van der Waals surface area contributed by atoms with Gasteiger partial charge < -0.3 is 10.0 Å². The molecular weight excluding hydrogens is 314 g/mol. The highest BCUT2D eigenvalue weighted by Crippen LogP contribution is 2.25. The predicted molar refractivity (Wildman–Crippen MR) is 80.3 cm³/mol. The van der Waals surface area contributed by atoms with Gasteiger partial charge in [-0.1, -0.05) is 11.6 Å². The Hall–Kier alpha value is -1.11. The topological polar surface area (TPSA) is 74.7 Å². The highest BCUT2D eigenvalue weighted by molar-refractivity contribution is 7.90. The van der Waals surface area contributed by atoms with Gasteiger partial charge in [-0.15, -0.1) is 0 Å². The largest absolute Gasteiger partial charge is 0.396 e. The minimum atomic E-state index is -3.47. The van der Waals surface area contributed by atoms with E-state index in [4.69, 9.17) is 16.7 Å². The molecule has 116 valence electrons. The van der Waals surface area contributed by atoms with Gasteiger partial charge in [0, 0.05) is 31.5 Å². The van der Waals surface area contributed by atoms with E-state index < -0.39 is 9.84 Å². The van der Waals surface area contributed by atoms with E-state index in [1.54, 1.807) is 11.0 Å². The number of hydrogen-bond donors (Lipinski definition) is 1. The molecule has 1 fully saturated rings. The van der Waals surface area contributed by atoms with E-state index in [-0.39, 0.29) is 22.4 Å². The minimum absolute atomic E-state index is 0.0267. The van der Waals surface area contributed by atoms with Crippen molar-refractivity contribution in [2.24, 2.45) is 5.92 Å². The Balaban J connectivity index is 2.21. The van der Waals surface area contributed by atoms with E-state index in [1.165, 1.54) is 12.1 Å². The summed E-state index contributed by atoms with van der Waals surface area (Å²) in [7, 11) is -3.47. The number of halogens is 1. The van der Waals surface area contributed by atoms with E-state index in [0.717, 1.165) is 12.7 Å². The highest BCUT2D eigenvalue weighted by atomic mass is 35.5. The first kappa shape index (κ1) is 16.3. The molecule has 0 radical (unpaired) electrons. The van der Waals surface area contributed by atoms with Gasteiger partial charge in [0.1, 0.15) is 0 Å². The SMILES string of the molecule is CS(=O)(=O)c1cc(C(=O)N2CCC(CCO)C2)ccc1Cl. The maximum Gasteiger partial charge on any atom is 0.253 e. The first-order chi connectivity index (χ1) is 9.82. The van der Waals surface area contributed by atoms with Crippen LogP contribution in [0.5, 0.6) is 0 Å². The van der Waals surface area contributed by atoms with Crippen LogP contribution in [0.4, 0.5) is 0 Å². The lowest BCUT2D eigenvalue weighted by molar-refractivity contribution is 0.0784. The molecule has 1 aliphatic rings. The standard InChI is InChI=1S/C14H18ClNO4S/c1-21(19,20)13-8-11(2-3-12(13)15)14(18)16-6-4-10(9-16)5-7-17/h2-3,8,10,17H,4-7,9H2,1H3. The van der Waals surface area contributed by atoms with Gasteiger partial charge in [0.15, 0.2) is 9.84 Å². The molecule has 1 aromatic carbocycles. The van der Waals surface area contributed by atoms with Gasteiger partial charge in [-0.25, -0.2) is 8.42 Å². The molecule has 5 nitrogen and oxygen atoms in total. The summed E-state index contributed by atoms with van der Waals surface area (Å²) in [4.78, 5) is 14.1. The number of amides is 1. The fourth-order valence-electron chi connectivity index (χ4n) is 2.54. The molecule has 1 saturated heterocycles. The number of nitrogens with zero attached hydrogens (tertiary/aromatic N) is 1. The lowest BCUT2D eigenvalue weighted by Gasteiger charge is -2.17. The fourth-order valence-corrected chi connectivity index (χ4v) is 3.84. The summed E-state index contributed by atoms with van der Waals surface area (Å²) in [5.41, 5.74) is 0.324. The molecule has 1 heterocycles. The summed E-state index contributed by atoms with van der Waals surface area (Å²) in [6.45, 7) is 1.34. The van der Waals surface area contributed by atoms with Gasteiger partial charge in [-0.3, -0.25) is 4.79 Å². The summed E-state index contributed by atoms with van der Waals surface area (Å²) >= 11 is 5.88. The number of likely N-dealkylation sites (tertiary alicyclic amines) is 1. The third-order valence-corrected chi connectivity index (χ3v) is 5.27. The van der Waals surface area contributed by atoms with Crippen LogP contribution < -0.4 is 0 Å². The van der Waals surface area contributed by atoms with Crippen molar-refractivity contribution in [2.45, 2.75) is 17.7 Å². The Morgan fingerprint density at radius 3 is 2.81 bits per heavy atom. The zero-order valence-corrected chi connectivity index (χ0v) is 13.3. The zero-order valence-electron chi connectivity index (χ0n) is 11.8. The van der Waals surface area contributed by atoms with Crippen LogP contribution in [0.1, 0.15) is 23.2 Å². The summed E-state index contributed by atoms with van der Waals surface area (Å²) in [6, 6.07) is 4.31. The predicted octanol–water partition coefficient (Wildman–Crippen LogP) is 1.59. The molecule has 1 aliphatic heterocycles. The maximum atomic E-state index is 12.4. The van der Waals surface area contributed by atoms with Gasteiger partial charge in [-0.2, -0.15) is 0 Å². The van der Waals surface area contributed by atoms with Crippen LogP contribution in [-0.2, 0) is 9.84 Å².